The predicted molar refractivity (Wildman–Crippen MR) is 130 cm³/mol. The van der Waals surface area contributed by atoms with Gasteiger partial charge in [-0.1, -0.05) is 66.7 Å². The molecule has 4 rings (SSSR count). The highest BCUT2D eigenvalue weighted by Gasteiger charge is 2.63. The first-order valence-electron chi connectivity index (χ1n) is 11.1. The molecule has 0 aliphatic carbocycles. The SMILES string of the molecule is CC(C)N1C(=O)OC2(CCN(CC=C(c3ccccc3)c3ccccc3)CC2)C1(C)O.Cl. The number of hydrogen-bond acceptors (Lipinski definition) is 4. The number of ether oxygens (including phenoxy) is 1. The van der Waals surface area contributed by atoms with Crippen molar-refractivity contribution in [2.75, 3.05) is 19.6 Å². The molecule has 2 aliphatic rings. The van der Waals surface area contributed by atoms with E-state index in [1.54, 1.807) is 6.92 Å². The second kappa shape index (κ2) is 9.65. The quantitative estimate of drug-likeness (QED) is 0.692. The van der Waals surface area contributed by atoms with E-state index in [2.05, 4.69) is 59.5 Å². The zero-order valence-electron chi connectivity index (χ0n) is 19.0. The van der Waals surface area contributed by atoms with E-state index in [4.69, 9.17) is 4.74 Å². The Balaban J connectivity index is 0.00000289. The van der Waals surface area contributed by atoms with Crippen LogP contribution in [-0.2, 0) is 4.74 Å². The van der Waals surface area contributed by atoms with E-state index in [9.17, 15) is 9.90 Å². The summed E-state index contributed by atoms with van der Waals surface area (Å²) in [5, 5.41) is 11.2. The fourth-order valence-corrected chi connectivity index (χ4v) is 4.95. The normalized spacial score (nSPS) is 22.5. The van der Waals surface area contributed by atoms with Gasteiger partial charge in [-0.15, -0.1) is 12.4 Å². The molecule has 172 valence electrons. The van der Waals surface area contributed by atoms with Crippen LogP contribution in [0.4, 0.5) is 4.79 Å². The average molecular weight is 457 g/mol. The van der Waals surface area contributed by atoms with Crippen molar-refractivity contribution >= 4 is 24.1 Å². The van der Waals surface area contributed by atoms with Gasteiger partial charge < -0.3 is 9.84 Å². The Morgan fingerprint density at radius 2 is 1.53 bits per heavy atom. The highest BCUT2D eigenvalue weighted by molar-refractivity contribution is 5.85. The number of halogens is 1. The molecule has 2 aliphatic heterocycles. The molecule has 0 bridgehead atoms. The van der Waals surface area contributed by atoms with Gasteiger partial charge in [-0.05, 0) is 37.5 Å². The number of carbonyl (C=O) groups excluding carboxylic acids is 1. The third-order valence-electron chi connectivity index (χ3n) is 6.71. The molecule has 2 aromatic rings. The van der Waals surface area contributed by atoms with E-state index in [1.807, 2.05) is 26.0 Å². The van der Waals surface area contributed by atoms with Crippen LogP contribution in [0.1, 0.15) is 44.7 Å². The van der Waals surface area contributed by atoms with Gasteiger partial charge in [-0.2, -0.15) is 0 Å². The number of nitrogens with zero attached hydrogens (tertiary/aromatic N) is 2. The van der Waals surface area contributed by atoms with Crippen LogP contribution in [0.3, 0.4) is 0 Å². The first-order chi connectivity index (χ1) is 14.8. The second-order valence-electron chi connectivity index (χ2n) is 9.00. The Morgan fingerprint density at radius 1 is 1.03 bits per heavy atom. The standard InChI is InChI=1S/C26H32N2O3.ClH/c1-20(2)28-24(29)31-26(25(28,3)30)15-18-27(19-16-26)17-14-23(21-10-6-4-7-11-21)22-12-8-5-9-13-22;/h4-14,20,30H,15-19H2,1-3H3;1H. The van der Waals surface area contributed by atoms with Crippen LogP contribution in [0.5, 0.6) is 0 Å². The third-order valence-corrected chi connectivity index (χ3v) is 6.71. The molecule has 32 heavy (non-hydrogen) atoms. The van der Waals surface area contributed by atoms with Crippen molar-refractivity contribution in [3.05, 3.63) is 77.9 Å². The predicted octanol–water partition coefficient (Wildman–Crippen LogP) is 4.94. The Kier molecular flexibility index (Phi) is 7.33. The van der Waals surface area contributed by atoms with Crippen molar-refractivity contribution < 1.29 is 14.6 Å². The van der Waals surface area contributed by atoms with E-state index in [0.717, 1.165) is 19.6 Å². The summed E-state index contributed by atoms with van der Waals surface area (Å²) in [5.74, 6) is 0. The van der Waals surface area contributed by atoms with Crippen LogP contribution in [0.2, 0.25) is 0 Å². The summed E-state index contributed by atoms with van der Waals surface area (Å²) in [6, 6.07) is 20.8. The van der Waals surface area contributed by atoms with Gasteiger partial charge in [0, 0.05) is 38.5 Å². The molecule has 2 aromatic carbocycles. The first-order valence-corrected chi connectivity index (χ1v) is 11.1. The van der Waals surface area contributed by atoms with Gasteiger partial charge in [0.15, 0.2) is 11.3 Å². The maximum Gasteiger partial charge on any atom is 0.413 e. The fraction of sp³-hybridized carbons (Fsp3) is 0.423. The minimum atomic E-state index is -1.29. The minimum absolute atomic E-state index is 0. The summed E-state index contributed by atoms with van der Waals surface area (Å²) in [6.45, 7) is 7.87. The number of rotatable bonds is 5. The summed E-state index contributed by atoms with van der Waals surface area (Å²) in [5.41, 5.74) is 1.48. The van der Waals surface area contributed by atoms with Crippen molar-refractivity contribution in [1.29, 1.82) is 0 Å². The molecule has 1 unspecified atom stereocenters. The number of carbonyl (C=O) groups is 1. The minimum Gasteiger partial charge on any atom is -0.437 e. The molecule has 2 heterocycles. The first kappa shape index (κ1) is 24.3. The number of hydrogen-bond donors (Lipinski definition) is 1. The van der Waals surface area contributed by atoms with Gasteiger partial charge in [0.25, 0.3) is 0 Å². The van der Waals surface area contributed by atoms with E-state index in [1.165, 1.54) is 21.6 Å². The Morgan fingerprint density at radius 3 is 1.97 bits per heavy atom. The number of piperidine rings is 1. The molecule has 1 atom stereocenters. The van der Waals surface area contributed by atoms with Crippen LogP contribution >= 0.6 is 12.4 Å². The second-order valence-corrected chi connectivity index (χ2v) is 9.00. The van der Waals surface area contributed by atoms with Crippen LogP contribution in [-0.4, -0.2) is 58.0 Å². The number of likely N-dealkylation sites (tertiary alicyclic amines) is 1. The number of benzene rings is 2. The lowest BCUT2D eigenvalue weighted by atomic mass is 9.81. The van der Waals surface area contributed by atoms with E-state index >= 15 is 0 Å². The van der Waals surface area contributed by atoms with E-state index in [-0.39, 0.29) is 18.4 Å². The zero-order chi connectivity index (χ0) is 22.1. The van der Waals surface area contributed by atoms with E-state index in [0.29, 0.717) is 12.8 Å². The van der Waals surface area contributed by atoms with Crippen LogP contribution < -0.4 is 0 Å². The molecule has 6 heteroatoms. The van der Waals surface area contributed by atoms with Gasteiger partial charge in [0.1, 0.15) is 0 Å². The highest BCUT2D eigenvalue weighted by Crippen LogP contribution is 2.45. The van der Waals surface area contributed by atoms with Gasteiger partial charge in [-0.3, -0.25) is 9.80 Å². The summed E-state index contributed by atoms with van der Waals surface area (Å²) in [6.07, 6.45) is 3.11. The molecule has 0 saturated carbocycles. The number of aliphatic hydroxyl groups is 1. The molecular weight excluding hydrogens is 424 g/mol. The van der Waals surface area contributed by atoms with Crippen molar-refractivity contribution in [3.8, 4) is 0 Å². The summed E-state index contributed by atoms with van der Waals surface area (Å²) in [4.78, 5) is 16.3. The largest absolute Gasteiger partial charge is 0.437 e. The van der Waals surface area contributed by atoms with Crippen molar-refractivity contribution in [3.63, 3.8) is 0 Å². The molecule has 0 radical (unpaired) electrons. The topological polar surface area (TPSA) is 53.0 Å². The monoisotopic (exact) mass is 456 g/mol. The summed E-state index contributed by atoms with van der Waals surface area (Å²) >= 11 is 0. The molecule has 2 fully saturated rings. The van der Waals surface area contributed by atoms with Crippen LogP contribution in [0, 0.1) is 0 Å². The van der Waals surface area contributed by atoms with Crippen LogP contribution in [0.25, 0.3) is 5.57 Å². The van der Waals surface area contributed by atoms with Crippen molar-refractivity contribution in [1.82, 2.24) is 9.80 Å². The maximum atomic E-state index is 12.4. The molecular formula is C26H33ClN2O3. The molecule has 5 nitrogen and oxygen atoms in total. The molecule has 1 amide bonds. The molecule has 2 saturated heterocycles. The lowest BCUT2D eigenvalue weighted by Crippen LogP contribution is -2.61. The molecule has 1 spiro atoms. The Labute approximate surface area is 197 Å². The summed E-state index contributed by atoms with van der Waals surface area (Å²) < 4.78 is 5.79. The average Bonchev–Trinajstić information content (AvgIpc) is 2.95. The van der Waals surface area contributed by atoms with Crippen molar-refractivity contribution in [2.45, 2.75) is 51.0 Å². The van der Waals surface area contributed by atoms with Gasteiger partial charge in [0.2, 0.25) is 0 Å². The summed E-state index contributed by atoms with van der Waals surface area (Å²) in [7, 11) is 0. The highest BCUT2D eigenvalue weighted by atomic mass is 35.5. The Hall–Kier alpha value is -2.34. The van der Waals surface area contributed by atoms with Gasteiger partial charge in [-0.25, -0.2) is 4.79 Å². The lowest BCUT2D eigenvalue weighted by molar-refractivity contribution is -0.169. The Bertz CT molecular complexity index is 895. The smallest absolute Gasteiger partial charge is 0.413 e. The third kappa shape index (κ3) is 4.42. The fourth-order valence-electron chi connectivity index (χ4n) is 4.95. The zero-order valence-corrected chi connectivity index (χ0v) is 19.8. The van der Waals surface area contributed by atoms with E-state index < -0.39 is 17.4 Å². The van der Waals surface area contributed by atoms with Gasteiger partial charge >= 0.3 is 6.09 Å². The van der Waals surface area contributed by atoms with Crippen LogP contribution in [0.15, 0.2) is 66.7 Å². The molecule has 0 aromatic heterocycles. The lowest BCUT2D eigenvalue weighted by Gasteiger charge is -2.45. The maximum absolute atomic E-state index is 12.4. The number of amides is 1. The van der Waals surface area contributed by atoms with Gasteiger partial charge in [0.05, 0.1) is 0 Å². The van der Waals surface area contributed by atoms with Crippen molar-refractivity contribution in [2.24, 2.45) is 0 Å². The molecule has 1 N–H and O–H groups in total.